The molecule has 43 heavy (non-hydrogen) atoms. The molecule has 4 saturated heterocycles. The topological polar surface area (TPSA) is 109 Å². The van der Waals surface area contributed by atoms with Crippen molar-refractivity contribution in [2.45, 2.75) is 55.9 Å². The van der Waals surface area contributed by atoms with E-state index in [0.29, 0.717) is 64.1 Å². The number of carbonyl (C=O) groups is 3. The van der Waals surface area contributed by atoms with Crippen molar-refractivity contribution in [2.24, 2.45) is 11.8 Å². The van der Waals surface area contributed by atoms with Gasteiger partial charge in [-0.2, -0.15) is 0 Å². The summed E-state index contributed by atoms with van der Waals surface area (Å²) in [4.78, 5) is 48.6. The molecule has 0 aromatic heterocycles. The second kappa shape index (κ2) is 13.3. The van der Waals surface area contributed by atoms with E-state index in [1.165, 1.54) is 4.90 Å². The normalized spacial score (nSPS) is 30.6. The standard InChI is InChI=1S/C33H45N3O7/c1-4-7-20-42-31(40)27-26-29(38)36(25(23-37)24-11-9-8-10-12-24)28(33(26)14-13-32(27,6-3)43-33)30(39)35(15-5-2)17-16-34-18-21-41-22-19-34/h4-5,8-12,25-28,37H,1-2,6-7,13-23H2,3H3/t25-,26+,27+,28?,32-,33?/m1/s1. The van der Waals surface area contributed by atoms with Crippen LogP contribution in [-0.2, 0) is 28.6 Å². The maximum atomic E-state index is 14.8. The van der Waals surface area contributed by atoms with Gasteiger partial charge in [0.1, 0.15) is 17.6 Å². The first-order valence-electron chi connectivity index (χ1n) is 15.5. The Morgan fingerprint density at radius 3 is 2.58 bits per heavy atom. The average Bonchev–Trinajstić information content (AvgIpc) is 3.64. The highest BCUT2D eigenvalue weighted by atomic mass is 16.6. The van der Waals surface area contributed by atoms with Crippen LogP contribution in [0.3, 0.4) is 0 Å². The summed E-state index contributed by atoms with van der Waals surface area (Å²) in [6.07, 6.45) is 5.37. The molecule has 2 amide bonds. The summed E-state index contributed by atoms with van der Waals surface area (Å²) < 4.78 is 18.0. The summed E-state index contributed by atoms with van der Waals surface area (Å²) in [5.74, 6) is -2.83. The Kier molecular flexibility index (Phi) is 9.70. The molecule has 4 fully saturated rings. The van der Waals surface area contributed by atoms with Crippen molar-refractivity contribution in [3.8, 4) is 0 Å². The lowest BCUT2D eigenvalue weighted by Crippen LogP contribution is -2.58. The minimum atomic E-state index is -1.22. The number of benzene rings is 1. The highest BCUT2D eigenvalue weighted by molar-refractivity contribution is 5.99. The number of ether oxygens (including phenoxy) is 3. The van der Waals surface area contributed by atoms with Gasteiger partial charge in [0.05, 0.1) is 44.0 Å². The molecule has 4 aliphatic heterocycles. The number of aliphatic hydroxyl groups excluding tert-OH is 1. The monoisotopic (exact) mass is 595 g/mol. The largest absolute Gasteiger partial charge is 0.465 e. The third kappa shape index (κ3) is 5.54. The first kappa shape index (κ1) is 31.4. The first-order chi connectivity index (χ1) is 20.9. The lowest BCUT2D eigenvalue weighted by atomic mass is 9.65. The zero-order chi connectivity index (χ0) is 30.6. The van der Waals surface area contributed by atoms with Gasteiger partial charge in [0.2, 0.25) is 11.8 Å². The van der Waals surface area contributed by atoms with E-state index in [2.05, 4.69) is 18.1 Å². The van der Waals surface area contributed by atoms with E-state index in [1.807, 2.05) is 37.3 Å². The number of amides is 2. The van der Waals surface area contributed by atoms with E-state index in [9.17, 15) is 19.5 Å². The molecule has 1 aromatic rings. The molecule has 1 aromatic carbocycles. The van der Waals surface area contributed by atoms with E-state index in [1.54, 1.807) is 17.1 Å². The van der Waals surface area contributed by atoms with Crippen LogP contribution in [0.5, 0.6) is 0 Å². The van der Waals surface area contributed by atoms with Crippen LogP contribution >= 0.6 is 0 Å². The zero-order valence-electron chi connectivity index (χ0n) is 25.2. The molecule has 234 valence electrons. The second-order valence-corrected chi connectivity index (χ2v) is 12.0. The number of rotatable bonds is 14. The Hall–Kier alpha value is -3.05. The van der Waals surface area contributed by atoms with Crippen molar-refractivity contribution < 1.29 is 33.7 Å². The van der Waals surface area contributed by atoms with Crippen LogP contribution in [0.1, 0.15) is 44.2 Å². The van der Waals surface area contributed by atoms with Crippen LogP contribution in [0.25, 0.3) is 0 Å². The van der Waals surface area contributed by atoms with E-state index in [-0.39, 0.29) is 25.0 Å². The summed E-state index contributed by atoms with van der Waals surface area (Å²) in [5, 5.41) is 10.7. The van der Waals surface area contributed by atoms with Gasteiger partial charge in [0, 0.05) is 32.7 Å². The van der Waals surface area contributed by atoms with E-state index in [4.69, 9.17) is 14.2 Å². The summed E-state index contributed by atoms with van der Waals surface area (Å²) in [6.45, 7) is 13.6. The van der Waals surface area contributed by atoms with Crippen molar-refractivity contribution in [1.82, 2.24) is 14.7 Å². The third-order valence-electron chi connectivity index (χ3n) is 9.82. The number of likely N-dealkylation sites (tertiary alicyclic amines) is 1. The maximum Gasteiger partial charge on any atom is 0.312 e. The van der Waals surface area contributed by atoms with Gasteiger partial charge in [0.15, 0.2) is 0 Å². The summed E-state index contributed by atoms with van der Waals surface area (Å²) >= 11 is 0. The zero-order valence-corrected chi connectivity index (χ0v) is 25.2. The van der Waals surface area contributed by atoms with Crippen LogP contribution in [0.4, 0.5) is 0 Å². The molecule has 5 rings (SSSR count). The smallest absolute Gasteiger partial charge is 0.312 e. The fraction of sp³-hybridized carbons (Fsp3) is 0.606. The molecule has 4 aliphatic rings. The third-order valence-corrected chi connectivity index (χ3v) is 9.82. The van der Waals surface area contributed by atoms with Crippen LogP contribution < -0.4 is 0 Å². The van der Waals surface area contributed by atoms with Crippen molar-refractivity contribution in [1.29, 1.82) is 0 Å². The molecule has 1 N–H and O–H groups in total. The quantitative estimate of drug-likeness (QED) is 0.198. The molecule has 2 unspecified atom stereocenters. The predicted octanol–water partition coefficient (Wildman–Crippen LogP) is 2.34. The van der Waals surface area contributed by atoms with Gasteiger partial charge >= 0.3 is 5.97 Å². The number of hydrogen-bond acceptors (Lipinski definition) is 8. The molecule has 1 spiro atoms. The highest BCUT2D eigenvalue weighted by Crippen LogP contribution is 2.65. The number of esters is 1. The van der Waals surface area contributed by atoms with Crippen molar-refractivity contribution in [3.63, 3.8) is 0 Å². The van der Waals surface area contributed by atoms with E-state index >= 15 is 0 Å². The highest BCUT2D eigenvalue weighted by Gasteiger charge is 2.79. The van der Waals surface area contributed by atoms with Gasteiger partial charge in [0.25, 0.3) is 0 Å². The number of aliphatic hydroxyl groups is 1. The number of carbonyl (C=O) groups excluding carboxylic acids is 3. The molecule has 0 aliphatic carbocycles. The van der Waals surface area contributed by atoms with Crippen molar-refractivity contribution >= 4 is 17.8 Å². The Morgan fingerprint density at radius 1 is 1.19 bits per heavy atom. The lowest BCUT2D eigenvalue weighted by Gasteiger charge is -2.40. The van der Waals surface area contributed by atoms with Crippen LogP contribution in [0.15, 0.2) is 55.6 Å². The lowest BCUT2D eigenvalue weighted by molar-refractivity contribution is -0.163. The fourth-order valence-electron chi connectivity index (χ4n) is 7.70. The van der Waals surface area contributed by atoms with Gasteiger partial charge in [-0.15, -0.1) is 13.2 Å². The van der Waals surface area contributed by atoms with Gasteiger partial charge in [-0.25, -0.2) is 0 Å². The molecular formula is C33H45N3O7. The Morgan fingerprint density at radius 2 is 1.93 bits per heavy atom. The molecule has 6 atom stereocenters. The number of morpholine rings is 1. The predicted molar refractivity (Wildman–Crippen MR) is 160 cm³/mol. The van der Waals surface area contributed by atoms with Crippen LogP contribution in [0.2, 0.25) is 0 Å². The molecule has 0 radical (unpaired) electrons. The van der Waals surface area contributed by atoms with Gasteiger partial charge in [-0.1, -0.05) is 49.4 Å². The minimum absolute atomic E-state index is 0.163. The van der Waals surface area contributed by atoms with Crippen molar-refractivity contribution in [2.75, 3.05) is 59.2 Å². The van der Waals surface area contributed by atoms with Crippen LogP contribution in [0, 0.1) is 11.8 Å². The number of fused-ring (bicyclic) bond motifs is 1. The molecule has 10 nitrogen and oxygen atoms in total. The summed E-state index contributed by atoms with van der Waals surface area (Å²) in [5.41, 5.74) is -1.40. The average molecular weight is 596 g/mol. The number of nitrogens with zero attached hydrogens (tertiary/aromatic N) is 3. The molecular weight excluding hydrogens is 550 g/mol. The second-order valence-electron chi connectivity index (χ2n) is 12.0. The van der Waals surface area contributed by atoms with Gasteiger partial charge in [-0.05, 0) is 31.2 Å². The molecule has 4 heterocycles. The van der Waals surface area contributed by atoms with Gasteiger partial charge < -0.3 is 29.1 Å². The minimum Gasteiger partial charge on any atom is -0.465 e. The molecule has 0 saturated carbocycles. The molecule has 10 heteroatoms. The van der Waals surface area contributed by atoms with E-state index < -0.39 is 41.1 Å². The summed E-state index contributed by atoms with van der Waals surface area (Å²) in [6, 6.07) is 7.42. The van der Waals surface area contributed by atoms with Gasteiger partial charge in [-0.3, -0.25) is 19.3 Å². The first-order valence-corrected chi connectivity index (χ1v) is 15.5. The number of hydrogen-bond donors (Lipinski definition) is 1. The Balaban J connectivity index is 1.55. The maximum absolute atomic E-state index is 14.8. The Bertz CT molecular complexity index is 1190. The molecule has 2 bridgehead atoms. The van der Waals surface area contributed by atoms with E-state index in [0.717, 1.165) is 13.1 Å². The Labute approximate surface area is 254 Å². The van der Waals surface area contributed by atoms with Crippen molar-refractivity contribution in [3.05, 3.63) is 61.2 Å². The van der Waals surface area contributed by atoms with Crippen LogP contribution in [-0.4, -0.2) is 114 Å². The summed E-state index contributed by atoms with van der Waals surface area (Å²) in [7, 11) is 0. The fourth-order valence-corrected chi connectivity index (χ4v) is 7.70. The SMILES string of the molecule is C=CCCOC(=O)[C@@H]1[C@H]2C(=O)N([C@H](CO)c3ccccc3)C(C(=O)N(CC=C)CCN3CCOCC3)C23CC[C@@]1(CC)O3.